The van der Waals surface area contributed by atoms with Gasteiger partial charge in [0.05, 0.1) is 13.7 Å². The second kappa shape index (κ2) is 6.45. The summed E-state index contributed by atoms with van der Waals surface area (Å²) in [6, 6.07) is 5.12. The molecule has 1 unspecified atom stereocenters. The molecular weight excluding hydrogens is 384 g/mol. The minimum atomic E-state index is -0.925. The van der Waals surface area contributed by atoms with Crippen LogP contribution in [0, 0.1) is 6.92 Å². The molecule has 6 nitrogen and oxygen atoms in total. The van der Waals surface area contributed by atoms with Gasteiger partial charge in [-0.3, -0.25) is 0 Å². The number of rotatable bonds is 2. The van der Waals surface area contributed by atoms with E-state index in [2.05, 4.69) is 27.7 Å². The van der Waals surface area contributed by atoms with Crippen LogP contribution in [0.1, 0.15) is 62.8 Å². The zero-order chi connectivity index (χ0) is 22.1. The lowest BCUT2D eigenvalue weighted by molar-refractivity contribution is -0.166. The second-order valence-electron chi connectivity index (χ2n) is 9.80. The molecule has 0 aromatic heterocycles. The van der Waals surface area contributed by atoms with Crippen LogP contribution in [0.3, 0.4) is 0 Å². The number of aromatic hydroxyl groups is 2. The molecule has 0 saturated heterocycles. The summed E-state index contributed by atoms with van der Waals surface area (Å²) in [5.74, 6) is 0.858. The maximum Gasteiger partial charge on any atom is 0.252 e. The zero-order valence-electron chi connectivity index (χ0n) is 18.4. The summed E-state index contributed by atoms with van der Waals surface area (Å²) < 4.78 is 18.3. The molecule has 162 valence electrons. The third-order valence-corrected chi connectivity index (χ3v) is 6.46. The Balaban J connectivity index is 1.87. The average molecular weight is 414 g/mol. The van der Waals surface area contributed by atoms with Crippen molar-refractivity contribution in [2.24, 2.45) is 0 Å². The van der Waals surface area contributed by atoms with E-state index < -0.39 is 5.79 Å². The molecule has 6 heteroatoms. The van der Waals surface area contributed by atoms with Crippen molar-refractivity contribution < 1.29 is 29.5 Å². The molecule has 1 spiro atoms. The highest BCUT2D eigenvalue weighted by molar-refractivity contribution is 5.58. The molecule has 2 aromatic carbocycles. The Labute approximate surface area is 177 Å². The van der Waals surface area contributed by atoms with Gasteiger partial charge in [-0.15, -0.1) is 0 Å². The van der Waals surface area contributed by atoms with E-state index >= 15 is 0 Å². The number of aliphatic hydroxyl groups is 1. The van der Waals surface area contributed by atoms with Crippen LogP contribution in [0.2, 0.25) is 0 Å². The largest absolute Gasteiger partial charge is 0.507 e. The number of benzene rings is 2. The van der Waals surface area contributed by atoms with Gasteiger partial charge in [0.1, 0.15) is 17.2 Å². The standard InChI is InChI=1S/C24H30O6/c1-13-20-19(7-14(10-25)21(13)27)30-24(12-23(20,4)5)11-22(2,3)15-8-16(26)18(28-6)9-17(15)29-24/h7-9,25-27H,10-12H2,1-6H3. The van der Waals surface area contributed by atoms with Gasteiger partial charge in [-0.2, -0.15) is 0 Å². The summed E-state index contributed by atoms with van der Waals surface area (Å²) >= 11 is 0. The van der Waals surface area contributed by atoms with E-state index in [-0.39, 0.29) is 28.9 Å². The topological polar surface area (TPSA) is 88.4 Å². The summed E-state index contributed by atoms with van der Waals surface area (Å²) in [4.78, 5) is 0. The molecule has 0 radical (unpaired) electrons. The van der Waals surface area contributed by atoms with Crippen molar-refractivity contribution >= 4 is 0 Å². The highest BCUT2D eigenvalue weighted by atomic mass is 16.7. The highest BCUT2D eigenvalue weighted by Gasteiger charge is 2.54. The Morgan fingerprint density at radius 1 is 0.967 bits per heavy atom. The maximum absolute atomic E-state index is 10.5. The Morgan fingerprint density at radius 3 is 2.23 bits per heavy atom. The lowest BCUT2D eigenvalue weighted by atomic mass is 9.68. The summed E-state index contributed by atoms with van der Waals surface area (Å²) in [5, 5.41) is 30.5. The molecule has 2 aromatic rings. The van der Waals surface area contributed by atoms with E-state index in [0.717, 1.165) is 16.7 Å². The van der Waals surface area contributed by atoms with Gasteiger partial charge in [-0.1, -0.05) is 27.7 Å². The molecular formula is C24H30O6. The van der Waals surface area contributed by atoms with Crippen LogP contribution in [0.15, 0.2) is 18.2 Å². The van der Waals surface area contributed by atoms with Crippen LogP contribution >= 0.6 is 0 Å². The molecule has 2 heterocycles. The van der Waals surface area contributed by atoms with Crippen molar-refractivity contribution in [3.05, 3.63) is 40.5 Å². The van der Waals surface area contributed by atoms with Crippen LogP contribution in [-0.4, -0.2) is 28.2 Å². The van der Waals surface area contributed by atoms with Crippen molar-refractivity contribution in [1.82, 2.24) is 0 Å². The van der Waals surface area contributed by atoms with Crippen LogP contribution in [0.4, 0.5) is 0 Å². The minimum Gasteiger partial charge on any atom is -0.507 e. The van der Waals surface area contributed by atoms with Gasteiger partial charge in [-0.05, 0) is 24.6 Å². The Bertz CT molecular complexity index is 1020. The molecule has 1 atom stereocenters. The summed E-state index contributed by atoms with van der Waals surface area (Å²) in [6.45, 7) is 10.0. The predicted molar refractivity (Wildman–Crippen MR) is 113 cm³/mol. The van der Waals surface area contributed by atoms with E-state index in [0.29, 0.717) is 35.7 Å². The highest BCUT2D eigenvalue weighted by Crippen LogP contribution is 2.56. The number of aliphatic hydroxyl groups excluding tert-OH is 1. The molecule has 4 rings (SSSR count). The van der Waals surface area contributed by atoms with E-state index in [1.54, 1.807) is 18.2 Å². The first-order chi connectivity index (χ1) is 13.9. The first kappa shape index (κ1) is 20.7. The molecule has 2 aliphatic rings. The fourth-order valence-corrected chi connectivity index (χ4v) is 5.37. The zero-order valence-corrected chi connectivity index (χ0v) is 18.4. The van der Waals surface area contributed by atoms with E-state index in [1.807, 2.05) is 6.92 Å². The monoisotopic (exact) mass is 414 g/mol. The fourth-order valence-electron chi connectivity index (χ4n) is 5.37. The molecule has 0 bridgehead atoms. The average Bonchev–Trinajstić information content (AvgIpc) is 2.63. The predicted octanol–water partition coefficient (Wildman–Crippen LogP) is 4.42. The second-order valence-corrected chi connectivity index (χ2v) is 9.80. The smallest absolute Gasteiger partial charge is 0.252 e. The van der Waals surface area contributed by atoms with Crippen molar-refractivity contribution in [3.8, 4) is 28.7 Å². The Kier molecular flexibility index (Phi) is 4.44. The van der Waals surface area contributed by atoms with Crippen molar-refractivity contribution in [2.75, 3.05) is 7.11 Å². The number of phenolic OH excluding ortho intramolecular Hbond substituents is 1. The molecule has 0 saturated carbocycles. The number of methoxy groups -OCH3 is 1. The first-order valence-corrected chi connectivity index (χ1v) is 10.2. The number of hydrogen-bond acceptors (Lipinski definition) is 6. The molecule has 2 aliphatic heterocycles. The van der Waals surface area contributed by atoms with Gasteiger partial charge < -0.3 is 29.5 Å². The minimum absolute atomic E-state index is 0.0813. The number of phenols is 2. The van der Waals surface area contributed by atoms with Crippen LogP contribution in [-0.2, 0) is 17.4 Å². The van der Waals surface area contributed by atoms with Gasteiger partial charge in [0, 0.05) is 46.4 Å². The molecule has 0 fully saturated rings. The normalized spacial score (nSPS) is 23.2. The molecule has 3 N–H and O–H groups in total. The number of ether oxygens (including phenoxy) is 3. The van der Waals surface area contributed by atoms with E-state index in [1.165, 1.54) is 7.11 Å². The van der Waals surface area contributed by atoms with Crippen LogP contribution in [0.25, 0.3) is 0 Å². The van der Waals surface area contributed by atoms with E-state index in [9.17, 15) is 15.3 Å². The van der Waals surface area contributed by atoms with Gasteiger partial charge in [0.15, 0.2) is 11.5 Å². The van der Waals surface area contributed by atoms with Crippen LogP contribution in [0.5, 0.6) is 28.7 Å². The maximum atomic E-state index is 10.5. The lowest BCUT2D eigenvalue weighted by Crippen LogP contribution is -2.55. The summed E-state index contributed by atoms with van der Waals surface area (Å²) in [5.41, 5.74) is 2.32. The third kappa shape index (κ3) is 2.97. The Hall–Kier alpha value is -2.60. The Morgan fingerprint density at radius 2 is 1.60 bits per heavy atom. The molecule has 30 heavy (non-hydrogen) atoms. The molecule has 0 aliphatic carbocycles. The van der Waals surface area contributed by atoms with Gasteiger partial charge in [0.25, 0.3) is 5.79 Å². The quantitative estimate of drug-likeness (QED) is 0.674. The fraction of sp³-hybridized carbons (Fsp3) is 0.500. The first-order valence-electron chi connectivity index (χ1n) is 10.2. The lowest BCUT2D eigenvalue weighted by Gasteiger charge is -2.51. The summed E-state index contributed by atoms with van der Waals surface area (Å²) in [6.07, 6.45) is 1.16. The van der Waals surface area contributed by atoms with E-state index in [4.69, 9.17) is 14.2 Å². The SMILES string of the molecule is COc1cc2c(cc1O)C(C)(C)CC1(CC(C)(C)c3c(cc(CO)c(O)c3C)O1)O2. The van der Waals surface area contributed by atoms with Crippen molar-refractivity contribution in [2.45, 2.75) is 70.7 Å². The number of fused-ring (bicyclic) bond motifs is 2. The third-order valence-electron chi connectivity index (χ3n) is 6.46. The van der Waals surface area contributed by atoms with Crippen molar-refractivity contribution in [3.63, 3.8) is 0 Å². The number of hydrogen-bond donors (Lipinski definition) is 3. The van der Waals surface area contributed by atoms with Crippen LogP contribution < -0.4 is 14.2 Å². The molecule has 0 amide bonds. The van der Waals surface area contributed by atoms with Gasteiger partial charge in [-0.25, -0.2) is 0 Å². The summed E-state index contributed by atoms with van der Waals surface area (Å²) in [7, 11) is 1.51. The van der Waals surface area contributed by atoms with Gasteiger partial charge >= 0.3 is 0 Å². The van der Waals surface area contributed by atoms with Crippen molar-refractivity contribution in [1.29, 1.82) is 0 Å². The van der Waals surface area contributed by atoms with Gasteiger partial charge in [0.2, 0.25) is 0 Å².